The van der Waals surface area contributed by atoms with Crippen LogP contribution in [0.2, 0.25) is 0 Å². The van der Waals surface area contributed by atoms with Gasteiger partial charge in [0.15, 0.2) is 0 Å². The summed E-state index contributed by atoms with van der Waals surface area (Å²) in [5.41, 5.74) is 0. The lowest BCUT2D eigenvalue weighted by atomic mass is 10.0. The topological polar surface area (TPSA) is 29.5 Å². The van der Waals surface area contributed by atoms with Gasteiger partial charge in [0.05, 0.1) is 18.8 Å². The second kappa shape index (κ2) is 2.67. The molecule has 1 heterocycles. The Kier molecular flexibility index (Phi) is 2.09. The van der Waals surface area contributed by atoms with Gasteiger partial charge in [-0.1, -0.05) is 6.92 Å². The van der Waals surface area contributed by atoms with E-state index >= 15 is 0 Å². The van der Waals surface area contributed by atoms with Gasteiger partial charge in [-0.25, -0.2) is 0 Å². The molecule has 3 atom stereocenters. The monoisotopic (exact) mass is 130 g/mol. The lowest BCUT2D eigenvalue weighted by Crippen LogP contribution is -2.12. The summed E-state index contributed by atoms with van der Waals surface area (Å²) >= 11 is 0. The summed E-state index contributed by atoms with van der Waals surface area (Å²) in [6.07, 6.45) is 1.45. The quantitative estimate of drug-likeness (QED) is 0.568. The van der Waals surface area contributed by atoms with Crippen LogP contribution in [0, 0.1) is 5.92 Å². The fourth-order valence-corrected chi connectivity index (χ4v) is 1.22. The molecule has 0 aliphatic carbocycles. The summed E-state index contributed by atoms with van der Waals surface area (Å²) in [5, 5.41) is 8.68. The van der Waals surface area contributed by atoms with Gasteiger partial charge in [0.1, 0.15) is 0 Å². The van der Waals surface area contributed by atoms with Crippen LogP contribution < -0.4 is 0 Å². The molecule has 0 spiro atoms. The van der Waals surface area contributed by atoms with E-state index in [0.29, 0.717) is 12.0 Å². The lowest BCUT2D eigenvalue weighted by molar-refractivity contribution is 0.0150. The predicted octanol–water partition coefficient (Wildman–Crippen LogP) is 0.792. The first-order chi connectivity index (χ1) is 4.24. The molecule has 1 saturated heterocycles. The number of aliphatic hydroxyl groups is 1. The Morgan fingerprint density at radius 3 is 2.44 bits per heavy atom. The molecule has 0 unspecified atom stereocenters. The molecule has 0 radical (unpaired) electrons. The van der Waals surface area contributed by atoms with Gasteiger partial charge < -0.3 is 9.84 Å². The van der Waals surface area contributed by atoms with Crippen LogP contribution in [0.25, 0.3) is 0 Å². The molecule has 1 N–H and O–H groups in total. The highest BCUT2D eigenvalue weighted by Crippen LogP contribution is 2.24. The predicted molar refractivity (Wildman–Crippen MR) is 35.2 cm³/mol. The van der Waals surface area contributed by atoms with Gasteiger partial charge in [0, 0.05) is 0 Å². The van der Waals surface area contributed by atoms with Crippen LogP contribution in [0.5, 0.6) is 0 Å². The molecule has 0 aromatic rings. The zero-order valence-corrected chi connectivity index (χ0v) is 6.00. The Labute approximate surface area is 55.8 Å². The first-order valence-electron chi connectivity index (χ1n) is 3.50. The molecular weight excluding hydrogens is 116 g/mol. The van der Waals surface area contributed by atoms with Crippen LogP contribution in [-0.4, -0.2) is 23.9 Å². The van der Waals surface area contributed by atoms with Crippen molar-refractivity contribution < 1.29 is 9.84 Å². The fraction of sp³-hybridized carbons (Fsp3) is 1.00. The first-order valence-corrected chi connectivity index (χ1v) is 3.50. The number of aliphatic hydroxyl groups excluding tert-OH is 1. The Hall–Kier alpha value is -0.0800. The smallest absolute Gasteiger partial charge is 0.0813 e. The summed E-state index contributed by atoms with van der Waals surface area (Å²) in [7, 11) is 0. The van der Waals surface area contributed by atoms with Crippen LogP contribution in [0.4, 0.5) is 0 Å². The Bertz CT molecular complexity index is 82.9. The van der Waals surface area contributed by atoms with Crippen molar-refractivity contribution in [2.45, 2.75) is 32.5 Å². The molecule has 9 heavy (non-hydrogen) atoms. The maximum Gasteiger partial charge on any atom is 0.0813 e. The van der Waals surface area contributed by atoms with Crippen molar-refractivity contribution in [3.8, 4) is 0 Å². The zero-order valence-electron chi connectivity index (χ0n) is 6.00. The van der Waals surface area contributed by atoms with E-state index in [9.17, 15) is 0 Å². The molecule has 2 heteroatoms. The number of hydrogen-bond donors (Lipinski definition) is 1. The molecule has 0 amide bonds. The maximum atomic E-state index is 8.68. The van der Waals surface area contributed by atoms with Crippen LogP contribution in [0.15, 0.2) is 0 Å². The number of ether oxygens (including phenoxy) is 1. The maximum absolute atomic E-state index is 8.68. The summed E-state index contributed by atoms with van der Waals surface area (Å²) in [5.74, 6) is 0.613. The summed E-state index contributed by atoms with van der Waals surface area (Å²) in [4.78, 5) is 0. The Morgan fingerprint density at radius 2 is 2.22 bits per heavy atom. The second-order valence-electron chi connectivity index (χ2n) is 2.86. The van der Waals surface area contributed by atoms with Crippen molar-refractivity contribution in [3.63, 3.8) is 0 Å². The third-order valence-electron chi connectivity index (χ3n) is 2.05. The Balaban J connectivity index is 2.35. The van der Waals surface area contributed by atoms with E-state index in [1.807, 2.05) is 0 Å². The van der Waals surface area contributed by atoms with E-state index < -0.39 is 0 Å². The van der Waals surface area contributed by atoms with Crippen LogP contribution >= 0.6 is 0 Å². The SMILES string of the molecule is C[C@@H]1C[C@H](CO)O[C@@H]1C. The van der Waals surface area contributed by atoms with Crippen molar-refractivity contribution >= 4 is 0 Å². The second-order valence-corrected chi connectivity index (χ2v) is 2.86. The molecule has 0 aromatic carbocycles. The van der Waals surface area contributed by atoms with E-state index in [1.165, 1.54) is 0 Å². The van der Waals surface area contributed by atoms with Crippen LogP contribution in [-0.2, 0) is 4.74 Å². The minimum atomic E-state index is 0.106. The van der Waals surface area contributed by atoms with Crippen LogP contribution in [0.3, 0.4) is 0 Å². The lowest BCUT2D eigenvalue weighted by Gasteiger charge is -2.06. The molecule has 1 aliphatic rings. The third-order valence-corrected chi connectivity index (χ3v) is 2.05. The molecule has 2 nitrogen and oxygen atoms in total. The van der Waals surface area contributed by atoms with Gasteiger partial charge in [-0.15, -0.1) is 0 Å². The largest absolute Gasteiger partial charge is 0.394 e. The van der Waals surface area contributed by atoms with E-state index in [2.05, 4.69) is 13.8 Å². The Morgan fingerprint density at radius 1 is 1.56 bits per heavy atom. The standard InChI is InChI=1S/C7H14O2/c1-5-3-7(4-8)9-6(5)2/h5-8H,3-4H2,1-2H3/t5-,6-,7-/m1/s1. The molecule has 0 saturated carbocycles. The molecule has 0 bridgehead atoms. The molecule has 1 rings (SSSR count). The van der Waals surface area contributed by atoms with Gasteiger partial charge in [-0.05, 0) is 19.3 Å². The minimum Gasteiger partial charge on any atom is -0.394 e. The van der Waals surface area contributed by atoms with Gasteiger partial charge in [0.25, 0.3) is 0 Å². The van der Waals surface area contributed by atoms with Crippen LogP contribution in [0.1, 0.15) is 20.3 Å². The highest BCUT2D eigenvalue weighted by molar-refractivity contribution is 4.75. The molecule has 1 fully saturated rings. The molecule has 54 valence electrons. The van der Waals surface area contributed by atoms with E-state index in [-0.39, 0.29) is 12.7 Å². The third kappa shape index (κ3) is 1.43. The van der Waals surface area contributed by atoms with Crippen molar-refractivity contribution in [2.75, 3.05) is 6.61 Å². The minimum absolute atomic E-state index is 0.106. The van der Waals surface area contributed by atoms with Crippen molar-refractivity contribution in [1.82, 2.24) is 0 Å². The van der Waals surface area contributed by atoms with Crippen molar-refractivity contribution in [1.29, 1.82) is 0 Å². The molecule has 1 aliphatic heterocycles. The van der Waals surface area contributed by atoms with E-state index in [1.54, 1.807) is 0 Å². The summed E-state index contributed by atoms with van der Waals surface area (Å²) < 4.78 is 5.37. The van der Waals surface area contributed by atoms with Gasteiger partial charge in [-0.3, -0.25) is 0 Å². The summed E-state index contributed by atoms with van der Waals surface area (Å²) in [6, 6.07) is 0. The summed E-state index contributed by atoms with van der Waals surface area (Å²) in [6.45, 7) is 4.38. The van der Waals surface area contributed by atoms with E-state index in [4.69, 9.17) is 9.84 Å². The number of rotatable bonds is 1. The van der Waals surface area contributed by atoms with Gasteiger partial charge >= 0.3 is 0 Å². The molecular formula is C7H14O2. The average Bonchev–Trinajstić information content (AvgIpc) is 2.13. The number of hydrogen-bond acceptors (Lipinski definition) is 2. The van der Waals surface area contributed by atoms with Crippen molar-refractivity contribution in [3.05, 3.63) is 0 Å². The van der Waals surface area contributed by atoms with E-state index in [0.717, 1.165) is 6.42 Å². The van der Waals surface area contributed by atoms with Crippen molar-refractivity contribution in [2.24, 2.45) is 5.92 Å². The zero-order chi connectivity index (χ0) is 6.85. The fourth-order valence-electron chi connectivity index (χ4n) is 1.22. The highest BCUT2D eigenvalue weighted by Gasteiger charge is 2.27. The normalized spacial score (nSPS) is 43.7. The average molecular weight is 130 g/mol. The van der Waals surface area contributed by atoms with Gasteiger partial charge in [0.2, 0.25) is 0 Å². The molecule has 0 aromatic heterocycles. The highest BCUT2D eigenvalue weighted by atomic mass is 16.5. The van der Waals surface area contributed by atoms with Gasteiger partial charge in [-0.2, -0.15) is 0 Å². The first kappa shape index (κ1) is 7.03.